The first-order chi connectivity index (χ1) is 13.2. The lowest BCUT2D eigenvalue weighted by atomic mass is 10.1. The van der Waals surface area contributed by atoms with Crippen molar-refractivity contribution in [2.75, 3.05) is 5.32 Å². The van der Waals surface area contributed by atoms with E-state index in [1.807, 2.05) is 12.1 Å². The summed E-state index contributed by atoms with van der Waals surface area (Å²) in [7, 11) is 0. The molecule has 2 amide bonds. The molecule has 148 valence electrons. The van der Waals surface area contributed by atoms with Crippen LogP contribution in [-0.4, -0.2) is 23.7 Å². The summed E-state index contributed by atoms with van der Waals surface area (Å²) < 4.78 is 19.5. The second kappa shape index (κ2) is 9.12. The van der Waals surface area contributed by atoms with E-state index in [-0.39, 0.29) is 22.6 Å². The molecule has 3 N–H and O–H groups in total. The average molecular weight is 386 g/mol. The normalized spacial score (nSPS) is 11.6. The quantitative estimate of drug-likeness (QED) is 0.728. The van der Waals surface area contributed by atoms with E-state index in [4.69, 9.17) is 10.5 Å². The van der Waals surface area contributed by atoms with Gasteiger partial charge in [-0.25, -0.2) is 4.39 Å². The second-order valence-electron chi connectivity index (χ2n) is 6.59. The molecule has 0 bridgehead atoms. The Bertz CT molecular complexity index is 894. The van der Waals surface area contributed by atoms with E-state index < -0.39 is 23.7 Å². The predicted octanol–water partition coefficient (Wildman–Crippen LogP) is 3.16. The van der Waals surface area contributed by atoms with E-state index in [0.29, 0.717) is 18.6 Å². The Hall–Kier alpha value is -3.22. The molecule has 28 heavy (non-hydrogen) atoms. The second-order valence-corrected chi connectivity index (χ2v) is 6.59. The van der Waals surface area contributed by atoms with E-state index in [2.05, 4.69) is 5.32 Å². The molecule has 0 saturated heterocycles. The molecule has 7 heteroatoms. The van der Waals surface area contributed by atoms with Gasteiger partial charge in [0.2, 0.25) is 5.91 Å². The van der Waals surface area contributed by atoms with Gasteiger partial charge in [-0.2, -0.15) is 0 Å². The van der Waals surface area contributed by atoms with Crippen LogP contribution in [0.1, 0.15) is 41.8 Å². The smallest absolute Gasteiger partial charge is 0.265 e. The zero-order chi connectivity index (χ0) is 20.8. The Morgan fingerprint density at radius 1 is 1.18 bits per heavy atom. The van der Waals surface area contributed by atoms with Crippen molar-refractivity contribution in [3.63, 3.8) is 0 Å². The van der Waals surface area contributed by atoms with Crippen molar-refractivity contribution in [2.45, 2.75) is 39.7 Å². The molecule has 2 aromatic rings. The highest BCUT2D eigenvalue weighted by molar-refractivity contribution is 5.98. The molecular formula is C21H23FN2O4. The minimum absolute atomic E-state index is 0.0341. The molecule has 6 nitrogen and oxygen atoms in total. The van der Waals surface area contributed by atoms with Gasteiger partial charge in [0, 0.05) is 23.2 Å². The standard InChI is InChI=1S/C21H23FN2O4/c1-12(25)4-5-15-6-8-17(9-7-15)28-14(3)21(27)24-19-11-16(20(23)26)10-18(22)13(19)2/h6-11,14H,4-5H2,1-3H3,(H2,23,26)(H,24,27). The summed E-state index contributed by atoms with van der Waals surface area (Å²) in [5.74, 6) is -1.31. The van der Waals surface area contributed by atoms with Crippen LogP contribution in [0.4, 0.5) is 10.1 Å². The topological polar surface area (TPSA) is 98.5 Å². The molecule has 0 spiro atoms. The summed E-state index contributed by atoms with van der Waals surface area (Å²) >= 11 is 0. The third-order valence-electron chi connectivity index (χ3n) is 4.26. The molecular weight excluding hydrogens is 363 g/mol. The summed E-state index contributed by atoms with van der Waals surface area (Å²) in [5.41, 5.74) is 6.50. The highest BCUT2D eigenvalue weighted by atomic mass is 19.1. The van der Waals surface area contributed by atoms with Crippen molar-refractivity contribution >= 4 is 23.3 Å². The minimum Gasteiger partial charge on any atom is -0.481 e. The molecule has 2 rings (SSSR count). The molecule has 0 aliphatic carbocycles. The van der Waals surface area contributed by atoms with Crippen molar-refractivity contribution in [3.8, 4) is 5.75 Å². The van der Waals surface area contributed by atoms with Crippen LogP contribution in [0.3, 0.4) is 0 Å². The number of benzene rings is 2. The first kappa shape index (κ1) is 21.1. The average Bonchev–Trinajstić information content (AvgIpc) is 2.64. The lowest BCUT2D eigenvalue weighted by molar-refractivity contribution is -0.122. The first-order valence-electron chi connectivity index (χ1n) is 8.83. The SMILES string of the molecule is CC(=O)CCc1ccc(OC(C)C(=O)Nc2cc(C(N)=O)cc(F)c2C)cc1. The largest absolute Gasteiger partial charge is 0.481 e. The zero-order valence-electron chi connectivity index (χ0n) is 16.0. The molecule has 0 aromatic heterocycles. The van der Waals surface area contributed by atoms with Crippen molar-refractivity contribution in [2.24, 2.45) is 5.73 Å². The van der Waals surface area contributed by atoms with E-state index in [9.17, 15) is 18.8 Å². The summed E-state index contributed by atoms with van der Waals surface area (Å²) in [4.78, 5) is 34.7. The molecule has 1 unspecified atom stereocenters. The number of hydrogen-bond acceptors (Lipinski definition) is 4. The number of aryl methyl sites for hydroxylation is 1. The van der Waals surface area contributed by atoms with Crippen LogP contribution in [0.15, 0.2) is 36.4 Å². The number of rotatable bonds is 8. The van der Waals surface area contributed by atoms with Crippen molar-refractivity contribution < 1.29 is 23.5 Å². The molecule has 0 saturated carbocycles. The molecule has 0 aliphatic heterocycles. The van der Waals surface area contributed by atoms with E-state index >= 15 is 0 Å². The summed E-state index contributed by atoms with van der Waals surface area (Å²) in [5, 5.41) is 2.56. The monoisotopic (exact) mass is 386 g/mol. The van der Waals surface area contributed by atoms with Gasteiger partial charge in [-0.3, -0.25) is 9.59 Å². The van der Waals surface area contributed by atoms with Crippen LogP contribution >= 0.6 is 0 Å². The highest BCUT2D eigenvalue weighted by Gasteiger charge is 2.18. The van der Waals surface area contributed by atoms with Crippen LogP contribution in [-0.2, 0) is 16.0 Å². The van der Waals surface area contributed by atoms with Gasteiger partial charge in [0.05, 0.1) is 0 Å². The summed E-state index contributed by atoms with van der Waals surface area (Å²) in [6.07, 6.45) is 0.259. The Labute approximate surface area is 162 Å². The van der Waals surface area contributed by atoms with Crippen LogP contribution in [0.2, 0.25) is 0 Å². The van der Waals surface area contributed by atoms with Gasteiger partial charge in [0.25, 0.3) is 5.91 Å². The number of carbonyl (C=O) groups is 3. The number of Topliss-reactive ketones (excluding diaryl/α,β-unsaturated/α-hetero) is 1. The maximum atomic E-state index is 13.9. The van der Waals surface area contributed by atoms with Gasteiger partial charge in [0.15, 0.2) is 6.10 Å². The van der Waals surface area contributed by atoms with E-state index in [1.165, 1.54) is 13.0 Å². The molecule has 0 aliphatic rings. The number of amides is 2. The number of anilines is 1. The Morgan fingerprint density at radius 2 is 1.82 bits per heavy atom. The Morgan fingerprint density at radius 3 is 2.39 bits per heavy atom. The predicted molar refractivity (Wildman–Crippen MR) is 104 cm³/mol. The van der Waals surface area contributed by atoms with Crippen LogP contribution in [0, 0.1) is 12.7 Å². The van der Waals surface area contributed by atoms with Gasteiger partial charge < -0.3 is 20.6 Å². The van der Waals surface area contributed by atoms with Crippen LogP contribution < -0.4 is 15.8 Å². The number of primary amides is 1. The lowest BCUT2D eigenvalue weighted by Crippen LogP contribution is -2.30. The van der Waals surface area contributed by atoms with Crippen LogP contribution in [0.5, 0.6) is 5.75 Å². The maximum Gasteiger partial charge on any atom is 0.265 e. The van der Waals surface area contributed by atoms with E-state index in [0.717, 1.165) is 11.6 Å². The van der Waals surface area contributed by atoms with Crippen LogP contribution in [0.25, 0.3) is 0 Å². The third-order valence-corrected chi connectivity index (χ3v) is 4.26. The van der Waals surface area contributed by atoms with Crippen molar-refractivity contribution in [1.82, 2.24) is 0 Å². The first-order valence-corrected chi connectivity index (χ1v) is 8.83. The Balaban J connectivity index is 2.03. The zero-order valence-corrected chi connectivity index (χ0v) is 16.0. The molecule has 0 radical (unpaired) electrons. The fourth-order valence-electron chi connectivity index (χ4n) is 2.50. The maximum absolute atomic E-state index is 13.9. The van der Waals surface area contributed by atoms with Gasteiger partial charge in [-0.1, -0.05) is 12.1 Å². The highest BCUT2D eigenvalue weighted by Crippen LogP contribution is 2.22. The number of hydrogen-bond donors (Lipinski definition) is 2. The minimum atomic E-state index is -0.859. The summed E-state index contributed by atoms with van der Waals surface area (Å²) in [6, 6.07) is 9.46. The van der Waals surface area contributed by atoms with Gasteiger partial charge in [-0.15, -0.1) is 0 Å². The molecule has 0 heterocycles. The number of carbonyl (C=O) groups excluding carboxylic acids is 3. The lowest BCUT2D eigenvalue weighted by Gasteiger charge is -2.16. The molecule has 2 aromatic carbocycles. The van der Waals surface area contributed by atoms with Gasteiger partial charge in [-0.05, 0) is 57.0 Å². The number of ketones is 1. The molecule has 0 fully saturated rings. The number of nitrogens with one attached hydrogen (secondary N) is 1. The molecule has 1 atom stereocenters. The third kappa shape index (κ3) is 5.64. The number of halogens is 1. The fraction of sp³-hybridized carbons (Fsp3) is 0.286. The fourth-order valence-corrected chi connectivity index (χ4v) is 2.50. The summed E-state index contributed by atoms with van der Waals surface area (Å²) in [6.45, 7) is 4.59. The van der Waals surface area contributed by atoms with E-state index in [1.54, 1.807) is 26.0 Å². The van der Waals surface area contributed by atoms with Crippen molar-refractivity contribution in [1.29, 1.82) is 0 Å². The number of nitrogens with two attached hydrogens (primary N) is 1. The Kier molecular flexibility index (Phi) is 6.87. The van der Waals surface area contributed by atoms with Crippen molar-refractivity contribution in [3.05, 3.63) is 58.9 Å². The number of ether oxygens (including phenoxy) is 1. The van der Waals surface area contributed by atoms with Gasteiger partial charge >= 0.3 is 0 Å². The van der Waals surface area contributed by atoms with Gasteiger partial charge in [0.1, 0.15) is 17.3 Å².